The monoisotopic (exact) mass is 228 g/mol. The first-order valence-electron chi connectivity index (χ1n) is 4.09. The largest absolute Gasteiger partial charge is 0.378 e. The third-order valence-corrected chi connectivity index (χ3v) is 2.17. The molecule has 0 radical (unpaired) electrons. The van der Waals surface area contributed by atoms with Gasteiger partial charge in [0.25, 0.3) is 0 Å². The topological polar surface area (TPSA) is 20.2 Å². The number of hydrogen-bond acceptors (Lipinski definition) is 1. The van der Waals surface area contributed by atoms with Crippen molar-refractivity contribution in [1.82, 2.24) is 0 Å². The predicted octanol–water partition coefficient (Wildman–Crippen LogP) is 3.12. The molecule has 74 valence electrons. The summed E-state index contributed by atoms with van der Waals surface area (Å²) >= 11 is 11.5. The first kappa shape index (κ1) is 11.4. The normalized spacial score (nSPS) is 10.6. The number of rotatable bonds is 0. The minimum Gasteiger partial charge on any atom is -0.378 e. The third-order valence-electron chi connectivity index (χ3n) is 1.43. The Hall–Kier alpha value is -0.680. The predicted molar refractivity (Wildman–Crippen MR) is 59.6 cm³/mol. The molecule has 0 aliphatic heterocycles. The molecule has 0 aliphatic rings. The standard InChI is InChI=1S/C11H10Cl2O/c1-11(2,14)6-5-8-3-4-9(12)10(13)7-8/h3-4,7,14H,1-2H3. The summed E-state index contributed by atoms with van der Waals surface area (Å²) in [6.45, 7) is 3.25. The first-order valence-corrected chi connectivity index (χ1v) is 4.85. The van der Waals surface area contributed by atoms with Gasteiger partial charge in [0, 0.05) is 5.56 Å². The molecule has 0 saturated heterocycles. The molecule has 14 heavy (non-hydrogen) atoms. The molecule has 0 aromatic heterocycles. The maximum Gasteiger partial charge on any atom is 0.120 e. The smallest absolute Gasteiger partial charge is 0.120 e. The van der Waals surface area contributed by atoms with Crippen LogP contribution in [-0.4, -0.2) is 10.7 Å². The van der Waals surface area contributed by atoms with Gasteiger partial charge < -0.3 is 5.11 Å². The summed E-state index contributed by atoms with van der Waals surface area (Å²) < 4.78 is 0. The Morgan fingerprint density at radius 3 is 2.36 bits per heavy atom. The Kier molecular flexibility index (Phi) is 3.44. The first-order chi connectivity index (χ1) is 6.38. The molecule has 0 atom stereocenters. The van der Waals surface area contributed by atoms with Gasteiger partial charge in [-0.05, 0) is 32.0 Å². The summed E-state index contributed by atoms with van der Waals surface area (Å²) in [5.41, 5.74) is -0.256. The van der Waals surface area contributed by atoms with Crippen LogP contribution in [0.15, 0.2) is 18.2 Å². The van der Waals surface area contributed by atoms with Crippen LogP contribution >= 0.6 is 23.2 Å². The van der Waals surface area contributed by atoms with E-state index in [4.69, 9.17) is 23.2 Å². The number of benzene rings is 1. The van der Waals surface area contributed by atoms with Crippen LogP contribution in [0.25, 0.3) is 0 Å². The van der Waals surface area contributed by atoms with Crippen molar-refractivity contribution in [2.75, 3.05) is 0 Å². The number of hydrogen-bond donors (Lipinski definition) is 1. The molecule has 1 aromatic carbocycles. The number of halogens is 2. The van der Waals surface area contributed by atoms with Crippen LogP contribution in [-0.2, 0) is 0 Å². The van der Waals surface area contributed by atoms with Crippen molar-refractivity contribution in [1.29, 1.82) is 0 Å². The quantitative estimate of drug-likeness (QED) is 0.677. The maximum atomic E-state index is 9.37. The molecule has 1 N–H and O–H groups in total. The highest BCUT2D eigenvalue weighted by atomic mass is 35.5. The Morgan fingerprint density at radius 2 is 1.86 bits per heavy atom. The third kappa shape index (κ3) is 3.59. The molecular formula is C11H10Cl2O. The van der Waals surface area contributed by atoms with Crippen molar-refractivity contribution in [2.24, 2.45) is 0 Å². The van der Waals surface area contributed by atoms with Crippen molar-refractivity contribution in [3.8, 4) is 11.8 Å². The zero-order chi connectivity index (χ0) is 10.8. The average Bonchev–Trinajstić information content (AvgIpc) is 2.06. The Balaban J connectivity index is 2.98. The molecular weight excluding hydrogens is 219 g/mol. The lowest BCUT2D eigenvalue weighted by Gasteiger charge is -2.05. The molecule has 0 saturated carbocycles. The Bertz CT molecular complexity index is 394. The van der Waals surface area contributed by atoms with Crippen LogP contribution in [0.5, 0.6) is 0 Å². The van der Waals surface area contributed by atoms with E-state index >= 15 is 0 Å². The minimum atomic E-state index is -0.994. The second kappa shape index (κ2) is 4.23. The van der Waals surface area contributed by atoms with Crippen molar-refractivity contribution in [3.63, 3.8) is 0 Å². The van der Waals surface area contributed by atoms with Gasteiger partial charge in [0.2, 0.25) is 0 Å². The summed E-state index contributed by atoms with van der Waals surface area (Å²) in [5, 5.41) is 10.3. The zero-order valence-electron chi connectivity index (χ0n) is 7.94. The van der Waals surface area contributed by atoms with Gasteiger partial charge in [-0.1, -0.05) is 35.0 Å². The second-order valence-corrected chi connectivity index (χ2v) is 4.25. The molecule has 0 spiro atoms. The van der Waals surface area contributed by atoms with Crippen LogP contribution in [0.1, 0.15) is 19.4 Å². The summed E-state index contributed by atoms with van der Waals surface area (Å²) in [5.74, 6) is 5.50. The SMILES string of the molecule is CC(C)(O)C#Cc1ccc(Cl)c(Cl)c1. The van der Waals surface area contributed by atoms with E-state index in [1.807, 2.05) is 0 Å². The van der Waals surface area contributed by atoms with Crippen LogP contribution in [0.3, 0.4) is 0 Å². The average molecular weight is 229 g/mol. The fraction of sp³-hybridized carbons (Fsp3) is 0.273. The van der Waals surface area contributed by atoms with Gasteiger partial charge in [-0.2, -0.15) is 0 Å². The molecule has 0 bridgehead atoms. The lowest BCUT2D eigenvalue weighted by molar-refractivity contribution is 0.143. The van der Waals surface area contributed by atoms with E-state index in [1.54, 1.807) is 32.0 Å². The summed E-state index contributed by atoms with van der Waals surface area (Å²) in [7, 11) is 0. The van der Waals surface area contributed by atoms with Gasteiger partial charge >= 0.3 is 0 Å². The lowest BCUT2D eigenvalue weighted by atomic mass is 10.1. The summed E-state index contributed by atoms with van der Waals surface area (Å²) in [4.78, 5) is 0. The van der Waals surface area contributed by atoms with E-state index in [0.717, 1.165) is 5.56 Å². The molecule has 0 aliphatic carbocycles. The van der Waals surface area contributed by atoms with Crippen molar-refractivity contribution in [2.45, 2.75) is 19.4 Å². The Morgan fingerprint density at radius 1 is 1.21 bits per heavy atom. The Labute approximate surface area is 93.7 Å². The maximum absolute atomic E-state index is 9.37. The van der Waals surface area contributed by atoms with Gasteiger partial charge in [-0.15, -0.1) is 0 Å². The fourth-order valence-electron chi connectivity index (χ4n) is 0.799. The highest BCUT2D eigenvalue weighted by molar-refractivity contribution is 6.42. The summed E-state index contributed by atoms with van der Waals surface area (Å²) in [6, 6.07) is 5.11. The number of aliphatic hydroxyl groups is 1. The van der Waals surface area contributed by atoms with Gasteiger partial charge in [0.15, 0.2) is 0 Å². The van der Waals surface area contributed by atoms with Gasteiger partial charge in [0.05, 0.1) is 10.0 Å². The van der Waals surface area contributed by atoms with Gasteiger partial charge in [-0.25, -0.2) is 0 Å². The van der Waals surface area contributed by atoms with E-state index in [2.05, 4.69) is 11.8 Å². The van der Waals surface area contributed by atoms with Crippen LogP contribution in [0.2, 0.25) is 10.0 Å². The van der Waals surface area contributed by atoms with E-state index < -0.39 is 5.60 Å². The van der Waals surface area contributed by atoms with Crippen LogP contribution < -0.4 is 0 Å². The van der Waals surface area contributed by atoms with E-state index in [0.29, 0.717) is 10.0 Å². The molecule has 0 amide bonds. The van der Waals surface area contributed by atoms with E-state index in [-0.39, 0.29) is 0 Å². The van der Waals surface area contributed by atoms with Crippen molar-refractivity contribution in [3.05, 3.63) is 33.8 Å². The molecule has 0 fully saturated rings. The minimum absolute atomic E-state index is 0.467. The molecule has 1 aromatic rings. The van der Waals surface area contributed by atoms with Crippen molar-refractivity contribution < 1.29 is 5.11 Å². The molecule has 1 nitrogen and oxygen atoms in total. The molecule has 0 unspecified atom stereocenters. The van der Waals surface area contributed by atoms with Crippen LogP contribution in [0.4, 0.5) is 0 Å². The second-order valence-electron chi connectivity index (χ2n) is 3.44. The zero-order valence-corrected chi connectivity index (χ0v) is 9.45. The highest BCUT2D eigenvalue weighted by Gasteiger charge is 2.05. The van der Waals surface area contributed by atoms with Gasteiger partial charge in [-0.3, -0.25) is 0 Å². The highest BCUT2D eigenvalue weighted by Crippen LogP contribution is 2.22. The van der Waals surface area contributed by atoms with Gasteiger partial charge in [0.1, 0.15) is 5.60 Å². The molecule has 0 heterocycles. The van der Waals surface area contributed by atoms with Crippen LogP contribution in [0, 0.1) is 11.8 Å². The van der Waals surface area contributed by atoms with E-state index in [9.17, 15) is 5.11 Å². The fourth-order valence-corrected chi connectivity index (χ4v) is 1.10. The molecule has 1 rings (SSSR count). The van der Waals surface area contributed by atoms with E-state index in [1.165, 1.54) is 0 Å². The molecule has 3 heteroatoms. The lowest BCUT2D eigenvalue weighted by Crippen LogP contribution is -2.14. The van der Waals surface area contributed by atoms with Crippen molar-refractivity contribution >= 4 is 23.2 Å². The summed E-state index contributed by atoms with van der Waals surface area (Å²) in [6.07, 6.45) is 0.